The van der Waals surface area contributed by atoms with Crippen LogP contribution in [0.3, 0.4) is 0 Å². The summed E-state index contributed by atoms with van der Waals surface area (Å²) in [7, 11) is 0. The largest absolute Gasteiger partial charge is 0.416 e. The quantitative estimate of drug-likeness (QED) is 0.687. The zero-order valence-electron chi connectivity index (χ0n) is 14.5. The van der Waals surface area contributed by atoms with Crippen LogP contribution in [0.25, 0.3) is 0 Å². The first-order valence-corrected chi connectivity index (χ1v) is 8.18. The summed E-state index contributed by atoms with van der Waals surface area (Å²) in [6, 6.07) is 8.01. The number of rotatable bonds is 3. The lowest BCUT2D eigenvalue weighted by Crippen LogP contribution is -2.46. The van der Waals surface area contributed by atoms with Gasteiger partial charge in [-0.15, -0.1) is 0 Å². The molecular weight excluding hydrogens is 378 g/mol. The van der Waals surface area contributed by atoms with Gasteiger partial charge in [0, 0.05) is 16.9 Å². The first kappa shape index (κ1) is 19.4. The van der Waals surface area contributed by atoms with Crippen molar-refractivity contribution in [2.24, 2.45) is 0 Å². The Balaban J connectivity index is 1.95. The minimum atomic E-state index is -4.56. The maximum atomic E-state index is 14.2. The number of urea groups is 1. The number of halogens is 4. The molecule has 0 saturated heterocycles. The fourth-order valence-electron chi connectivity index (χ4n) is 2.91. The van der Waals surface area contributed by atoms with E-state index in [1.807, 2.05) is 0 Å². The van der Waals surface area contributed by atoms with Crippen molar-refractivity contribution in [1.29, 1.82) is 0 Å². The van der Waals surface area contributed by atoms with Crippen molar-refractivity contribution in [1.82, 2.24) is 10.6 Å². The molecule has 0 radical (unpaired) electrons. The van der Waals surface area contributed by atoms with Crippen molar-refractivity contribution in [2.45, 2.75) is 19.1 Å². The van der Waals surface area contributed by atoms with Crippen LogP contribution in [0.5, 0.6) is 0 Å². The van der Waals surface area contributed by atoms with Gasteiger partial charge in [-0.25, -0.2) is 9.18 Å². The van der Waals surface area contributed by atoms with E-state index in [2.05, 4.69) is 16.0 Å². The van der Waals surface area contributed by atoms with E-state index >= 15 is 0 Å². The molecule has 2 aromatic rings. The van der Waals surface area contributed by atoms with Gasteiger partial charge in [-0.2, -0.15) is 13.2 Å². The topological polar surface area (TPSA) is 70.2 Å². The number of anilines is 1. The van der Waals surface area contributed by atoms with E-state index in [1.54, 1.807) is 6.07 Å². The van der Waals surface area contributed by atoms with Crippen molar-refractivity contribution in [3.63, 3.8) is 0 Å². The molecule has 3 amide bonds. The molecule has 0 bridgehead atoms. The van der Waals surface area contributed by atoms with Gasteiger partial charge in [0.05, 0.1) is 17.2 Å². The van der Waals surface area contributed by atoms with Gasteiger partial charge in [0.2, 0.25) is 0 Å². The Morgan fingerprint density at radius 2 is 1.82 bits per heavy atom. The minimum Gasteiger partial charge on any atom is -0.327 e. The normalized spacial score (nSPS) is 17.0. The number of hydrogen-bond donors (Lipinski definition) is 3. The fourth-order valence-corrected chi connectivity index (χ4v) is 2.91. The molecule has 3 N–H and O–H groups in total. The lowest BCUT2D eigenvalue weighted by Gasteiger charge is -2.29. The standard InChI is InChI=1S/C19H15F4N3O2/c1-10-15(16(26-18(28)24-10)13-7-2-3-8-14(13)20)17(27)25-12-6-4-5-11(9-12)19(21,22)23/h2-9,16H,1H3,(H,25,27)(H2,24,26,28)/t16-/m1/s1. The molecule has 3 rings (SSSR count). The Bertz CT molecular complexity index is 970. The summed E-state index contributed by atoms with van der Waals surface area (Å²) in [5.74, 6) is -1.40. The SMILES string of the molecule is CC1=C(C(=O)Nc2cccc(C(F)(F)F)c2)[C@@H](c2ccccc2F)NC(=O)N1. The highest BCUT2D eigenvalue weighted by atomic mass is 19.4. The predicted molar refractivity (Wildman–Crippen MR) is 93.6 cm³/mol. The van der Waals surface area contributed by atoms with Crippen molar-refractivity contribution in [3.8, 4) is 0 Å². The highest BCUT2D eigenvalue weighted by molar-refractivity contribution is 6.06. The van der Waals surface area contributed by atoms with Crippen molar-refractivity contribution < 1.29 is 27.2 Å². The van der Waals surface area contributed by atoms with E-state index < -0.39 is 35.5 Å². The number of benzene rings is 2. The number of allylic oxidation sites excluding steroid dienone is 1. The number of nitrogens with one attached hydrogen (secondary N) is 3. The summed E-state index contributed by atoms with van der Waals surface area (Å²) >= 11 is 0. The molecule has 9 heteroatoms. The van der Waals surface area contributed by atoms with Crippen LogP contribution in [0.1, 0.15) is 24.1 Å². The number of amides is 3. The van der Waals surface area contributed by atoms with Crippen molar-refractivity contribution in [2.75, 3.05) is 5.32 Å². The van der Waals surface area contributed by atoms with Gasteiger partial charge in [0.15, 0.2) is 0 Å². The number of alkyl halides is 3. The monoisotopic (exact) mass is 393 g/mol. The van der Waals surface area contributed by atoms with Gasteiger partial charge in [-0.1, -0.05) is 24.3 Å². The molecule has 1 atom stereocenters. The second-order valence-electron chi connectivity index (χ2n) is 6.12. The van der Waals surface area contributed by atoms with Gasteiger partial charge in [0.25, 0.3) is 5.91 Å². The van der Waals surface area contributed by atoms with Crippen LogP contribution < -0.4 is 16.0 Å². The van der Waals surface area contributed by atoms with Gasteiger partial charge in [0.1, 0.15) is 5.82 Å². The summed E-state index contributed by atoms with van der Waals surface area (Å²) in [6.07, 6.45) is -4.56. The third kappa shape index (κ3) is 3.98. The predicted octanol–water partition coefficient (Wildman–Crippen LogP) is 4.11. The Kier molecular flexibility index (Phi) is 5.08. The Morgan fingerprint density at radius 3 is 2.50 bits per heavy atom. The maximum absolute atomic E-state index is 14.2. The van der Waals surface area contributed by atoms with E-state index in [4.69, 9.17) is 0 Å². The van der Waals surface area contributed by atoms with Crippen molar-refractivity contribution in [3.05, 3.63) is 76.7 Å². The summed E-state index contributed by atoms with van der Waals surface area (Å²) in [6.45, 7) is 1.45. The average Bonchev–Trinajstić information content (AvgIpc) is 2.60. The Labute approximate surface area is 157 Å². The van der Waals surface area contributed by atoms with Crippen LogP contribution in [0.15, 0.2) is 59.8 Å². The molecule has 0 aliphatic carbocycles. The zero-order valence-corrected chi connectivity index (χ0v) is 14.5. The smallest absolute Gasteiger partial charge is 0.327 e. The molecule has 0 fully saturated rings. The van der Waals surface area contributed by atoms with Crippen molar-refractivity contribution >= 4 is 17.6 Å². The lowest BCUT2D eigenvalue weighted by atomic mass is 9.94. The first-order chi connectivity index (χ1) is 13.2. The number of hydrogen-bond acceptors (Lipinski definition) is 2. The van der Waals surface area contributed by atoms with Crippen LogP contribution >= 0.6 is 0 Å². The number of carbonyl (C=O) groups excluding carboxylic acids is 2. The highest BCUT2D eigenvalue weighted by Crippen LogP contribution is 2.32. The first-order valence-electron chi connectivity index (χ1n) is 8.18. The Hall–Kier alpha value is -3.36. The second-order valence-corrected chi connectivity index (χ2v) is 6.12. The molecule has 146 valence electrons. The average molecular weight is 393 g/mol. The molecule has 5 nitrogen and oxygen atoms in total. The zero-order chi connectivity index (χ0) is 20.5. The van der Waals surface area contributed by atoms with Crippen LogP contribution in [0.2, 0.25) is 0 Å². The molecule has 1 aliphatic heterocycles. The third-order valence-corrected chi connectivity index (χ3v) is 4.18. The molecule has 1 aliphatic rings. The maximum Gasteiger partial charge on any atom is 0.416 e. The van der Waals surface area contributed by atoms with E-state index in [0.29, 0.717) is 0 Å². The molecule has 0 spiro atoms. The minimum absolute atomic E-state index is 0.0119. The molecular formula is C19H15F4N3O2. The van der Waals surface area contributed by atoms with Crippen LogP contribution in [0.4, 0.5) is 28.0 Å². The van der Waals surface area contributed by atoms with Gasteiger partial charge in [-0.05, 0) is 31.2 Å². The van der Waals surface area contributed by atoms with Crippen LogP contribution in [0, 0.1) is 5.82 Å². The van der Waals surface area contributed by atoms with Crippen LogP contribution in [-0.4, -0.2) is 11.9 Å². The molecule has 1 heterocycles. The molecule has 2 aromatic carbocycles. The second kappa shape index (κ2) is 7.34. The summed E-state index contributed by atoms with van der Waals surface area (Å²) in [5.41, 5.74) is -0.782. The fraction of sp³-hybridized carbons (Fsp3) is 0.158. The Morgan fingerprint density at radius 1 is 1.11 bits per heavy atom. The summed E-state index contributed by atoms with van der Waals surface area (Å²) in [4.78, 5) is 24.6. The third-order valence-electron chi connectivity index (χ3n) is 4.18. The van der Waals surface area contributed by atoms with Gasteiger partial charge >= 0.3 is 12.2 Å². The van der Waals surface area contributed by atoms with Crippen LogP contribution in [-0.2, 0) is 11.0 Å². The molecule has 0 aromatic heterocycles. The van der Waals surface area contributed by atoms with Gasteiger partial charge < -0.3 is 16.0 Å². The molecule has 0 saturated carbocycles. The summed E-state index contributed by atoms with van der Waals surface area (Å²) < 4.78 is 52.8. The number of carbonyl (C=O) groups is 2. The van der Waals surface area contributed by atoms with Gasteiger partial charge in [-0.3, -0.25) is 4.79 Å². The van der Waals surface area contributed by atoms with E-state index in [9.17, 15) is 27.2 Å². The lowest BCUT2D eigenvalue weighted by molar-refractivity contribution is -0.137. The highest BCUT2D eigenvalue weighted by Gasteiger charge is 2.33. The van der Waals surface area contributed by atoms with E-state index in [0.717, 1.165) is 18.2 Å². The summed E-state index contributed by atoms with van der Waals surface area (Å²) in [5, 5.41) is 7.26. The van der Waals surface area contributed by atoms with E-state index in [1.165, 1.54) is 31.2 Å². The molecule has 0 unspecified atom stereocenters. The molecule has 28 heavy (non-hydrogen) atoms. The van der Waals surface area contributed by atoms with E-state index in [-0.39, 0.29) is 22.5 Å².